The molecule has 0 saturated carbocycles. The minimum atomic E-state index is -4.17. The Morgan fingerprint density at radius 3 is 2.38 bits per heavy atom. The molecule has 0 bridgehead atoms. The molecule has 2 aromatic carbocycles. The minimum absolute atomic E-state index is 0.318. The summed E-state index contributed by atoms with van der Waals surface area (Å²) in [7, 11) is -4.17. The van der Waals surface area contributed by atoms with Crippen molar-refractivity contribution in [3.63, 3.8) is 0 Å². The van der Waals surface area contributed by atoms with Gasteiger partial charge in [0.05, 0.1) is 16.1 Å². The molecule has 110 valence electrons. The summed E-state index contributed by atoms with van der Waals surface area (Å²) < 4.78 is 52.6. The molecule has 21 heavy (non-hydrogen) atoms. The van der Waals surface area contributed by atoms with Crippen LogP contribution in [-0.4, -0.2) is 19.5 Å². The van der Waals surface area contributed by atoms with Crippen molar-refractivity contribution in [3.05, 3.63) is 59.7 Å². The zero-order valence-corrected chi connectivity index (χ0v) is 11.2. The van der Waals surface area contributed by atoms with Gasteiger partial charge in [0.15, 0.2) is 0 Å². The van der Waals surface area contributed by atoms with Crippen LogP contribution < -0.4 is 4.72 Å². The maximum absolute atomic E-state index is 13.7. The van der Waals surface area contributed by atoms with Gasteiger partial charge in [-0.1, -0.05) is 6.07 Å². The Labute approximate surface area is 118 Å². The van der Waals surface area contributed by atoms with Crippen molar-refractivity contribution in [2.45, 2.75) is 4.90 Å². The van der Waals surface area contributed by atoms with E-state index < -0.39 is 33.3 Å². The highest BCUT2D eigenvalue weighted by molar-refractivity contribution is 7.92. The molecule has 0 saturated heterocycles. The molecular weight excluding hydrogens is 304 g/mol. The van der Waals surface area contributed by atoms with Gasteiger partial charge in [-0.05, 0) is 36.4 Å². The van der Waals surface area contributed by atoms with Crippen LogP contribution in [0.4, 0.5) is 14.5 Å². The summed E-state index contributed by atoms with van der Waals surface area (Å²) >= 11 is 0. The van der Waals surface area contributed by atoms with Crippen LogP contribution in [0.1, 0.15) is 10.4 Å². The summed E-state index contributed by atoms with van der Waals surface area (Å²) in [5.41, 5.74) is -0.745. The number of carboxylic acid groups (broad SMARTS) is 1. The molecule has 0 radical (unpaired) electrons. The summed E-state index contributed by atoms with van der Waals surface area (Å²) in [6, 6.07) is 6.92. The van der Waals surface area contributed by atoms with Crippen molar-refractivity contribution in [1.82, 2.24) is 0 Å². The van der Waals surface area contributed by atoms with Crippen molar-refractivity contribution in [1.29, 1.82) is 0 Å². The van der Waals surface area contributed by atoms with Gasteiger partial charge in [0, 0.05) is 0 Å². The van der Waals surface area contributed by atoms with Crippen molar-refractivity contribution in [3.8, 4) is 0 Å². The van der Waals surface area contributed by atoms with Crippen LogP contribution in [-0.2, 0) is 10.0 Å². The first-order valence-electron chi connectivity index (χ1n) is 5.61. The molecule has 2 N–H and O–H groups in total. The maximum Gasteiger partial charge on any atom is 0.335 e. The zero-order chi connectivity index (χ0) is 15.6. The molecular formula is C13H9F2NO4S. The van der Waals surface area contributed by atoms with Crippen molar-refractivity contribution >= 4 is 21.7 Å². The first kappa shape index (κ1) is 14.9. The number of benzene rings is 2. The topological polar surface area (TPSA) is 83.5 Å². The molecule has 0 aliphatic heterocycles. The van der Waals surface area contributed by atoms with Crippen molar-refractivity contribution < 1.29 is 27.1 Å². The lowest BCUT2D eigenvalue weighted by atomic mass is 10.2. The van der Waals surface area contributed by atoms with E-state index >= 15 is 0 Å². The van der Waals surface area contributed by atoms with Crippen LogP contribution in [0.15, 0.2) is 47.4 Å². The number of hydrogen-bond donors (Lipinski definition) is 2. The average Bonchev–Trinajstić information content (AvgIpc) is 2.40. The van der Waals surface area contributed by atoms with Gasteiger partial charge in [-0.15, -0.1) is 0 Å². The normalized spacial score (nSPS) is 11.1. The molecule has 0 heterocycles. The largest absolute Gasteiger partial charge is 0.478 e. The molecule has 0 unspecified atom stereocenters. The van der Waals surface area contributed by atoms with Gasteiger partial charge < -0.3 is 5.11 Å². The number of sulfonamides is 1. The molecule has 0 amide bonds. The number of carboxylic acids is 1. The Hall–Kier alpha value is -2.48. The maximum atomic E-state index is 13.7. The van der Waals surface area contributed by atoms with Crippen LogP contribution in [0.5, 0.6) is 0 Å². The number of hydrogen-bond acceptors (Lipinski definition) is 3. The highest BCUT2D eigenvalue weighted by Crippen LogP contribution is 2.20. The van der Waals surface area contributed by atoms with Crippen LogP contribution >= 0.6 is 0 Å². The third-order valence-electron chi connectivity index (χ3n) is 2.57. The van der Waals surface area contributed by atoms with Crippen LogP contribution in [0, 0.1) is 11.6 Å². The molecule has 2 aromatic rings. The zero-order valence-electron chi connectivity index (χ0n) is 10.4. The quantitative estimate of drug-likeness (QED) is 0.908. The fourth-order valence-electron chi connectivity index (χ4n) is 1.57. The van der Waals surface area contributed by atoms with E-state index in [4.69, 9.17) is 5.11 Å². The third-order valence-corrected chi connectivity index (χ3v) is 3.93. The van der Waals surface area contributed by atoms with Gasteiger partial charge in [0.1, 0.15) is 11.6 Å². The Kier molecular flexibility index (Phi) is 3.90. The summed E-state index contributed by atoms with van der Waals surface area (Å²) in [5.74, 6) is -3.14. The SMILES string of the molecule is O=C(O)c1ccc(NS(=O)(=O)c2cccc(F)c2)c(F)c1. The van der Waals surface area contributed by atoms with Crippen LogP contribution in [0.3, 0.4) is 0 Å². The van der Waals surface area contributed by atoms with Gasteiger partial charge in [-0.3, -0.25) is 4.72 Å². The molecule has 2 rings (SSSR count). The van der Waals surface area contributed by atoms with Crippen molar-refractivity contribution in [2.75, 3.05) is 4.72 Å². The molecule has 0 spiro atoms. The summed E-state index contributed by atoms with van der Waals surface area (Å²) in [6.45, 7) is 0. The van der Waals surface area contributed by atoms with E-state index in [1.807, 2.05) is 4.72 Å². The number of anilines is 1. The second-order valence-electron chi connectivity index (χ2n) is 4.06. The van der Waals surface area contributed by atoms with E-state index in [-0.39, 0.29) is 10.5 Å². The molecule has 0 fully saturated rings. The van der Waals surface area contributed by atoms with E-state index in [2.05, 4.69) is 0 Å². The van der Waals surface area contributed by atoms with Crippen molar-refractivity contribution in [2.24, 2.45) is 0 Å². The average molecular weight is 313 g/mol. The molecule has 0 aliphatic carbocycles. The Morgan fingerprint density at radius 2 is 1.81 bits per heavy atom. The summed E-state index contributed by atoms with van der Waals surface area (Å²) in [4.78, 5) is 10.3. The van der Waals surface area contributed by atoms with Gasteiger partial charge in [0.2, 0.25) is 0 Å². The second kappa shape index (κ2) is 5.49. The monoisotopic (exact) mass is 313 g/mol. The van der Waals surface area contributed by atoms with Gasteiger partial charge in [-0.25, -0.2) is 22.0 Å². The highest BCUT2D eigenvalue weighted by atomic mass is 32.2. The number of carbonyl (C=O) groups is 1. The molecule has 5 nitrogen and oxygen atoms in total. The highest BCUT2D eigenvalue weighted by Gasteiger charge is 2.17. The minimum Gasteiger partial charge on any atom is -0.478 e. The molecule has 0 aromatic heterocycles. The van der Waals surface area contributed by atoms with Gasteiger partial charge >= 0.3 is 5.97 Å². The molecule has 0 atom stereocenters. The lowest BCUT2D eigenvalue weighted by Crippen LogP contribution is -2.14. The molecule has 0 aliphatic rings. The Balaban J connectivity index is 2.35. The fourth-order valence-corrected chi connectivity index (χ4v) is 2.67. The summed E-state index contributed by atoms with van der Waals surface area (Å²) in [6.07, 6.45) is 0. The lowest BCUT2D eigenvalue weighted by molar-refractivity contribution is 0.0696. The number of nitrogens with one attached hydrogen (secondary N) is 1. The van der Waals surface area contributed by atoms with E-state index in [1.165, 1.54) is 6.07 Å². The Morgan fingerprint density at radius 1 is 1.10 bits per heavy atom. The smallest absolute Gasteiger partial charge is 0.335 e. The molecule has 8 heteroatoms. The van der Waals surface area contributed by atoms with Gasteiger partial charge in [0.25, 0.3) is 10.0 Å². The second-order valence-corrected chi connectivity index (χ2v) is 5.75. The van der Waals surface area contributed by atoms with E-state index in [9.17, 15) is 22.0 Å². The predicted molar refractivity (Wildman–Crippen MR) is 70.6 cm³/mol. The lowest BCUT2D eigenvalue weighted by Gasteiger charge is -2.09. The standard InChI is InChI=1S/C13H9F2NO4S/c14-9-2-1-3-10(7-9)21(19,20)16-12-5-4-8(13(17)18)6-11(12)15/h1-7,16H,(H,17,18). The number of halogens is 2. The fraction of sp³-hybridized carbons (Fsp3) is 0. The Bertz CT molecular complexity index is 806. The van der Waals surface area contributed by atoms with E-state index in [0.717, 1.165) is 30.3 Å². The number of rotatable bonds is 4. The third kappa shape index (κ3) is 3.34. The van der Waals surface area contributed by atoms with Gasteiger partial charge in [-0.2, -0.15) is 0 Å². The number of aromatic carboxylic acids is 1. The van der Waals surface area contributed by atoms with Crippen LogP contribution in [0.2, 0.25) is 0 Å². The van der Waals surface area contributed by atoms with E-state index in [1.54, 1.807) is 0 Å². The predicted octanol–water partition coefficient (Wildman–Crippen LogP) is 2.46. The summed E-state index contributed by atoms with van der Waals surface area (Å²) in [5, 5.41) is 8.69. The first-order chi connectivity index (χ1) is 9.79. The first-order valence-corrected chi connectivity index (χ1v) is 7.09. The van der Waals surface area contributed by atoms with Crippen LogP contribution in [0.25, 0.3) is 0 Å². The van der Waals surface area contributed by atoms with E-state index in [0.29, 0.717) is 6.07 Å².